The van der Waals surface area contributed by atoms with E-state index in [1.165, 1.54) is 30.8 Å². The quantitative estimate of drug-likeness (QED) is 0.157. The number of aromatic amines is 1. The number of hydrogen-bond donors (Lipinski definition) is 1. The molecule has 1 radical (unpaired) electrons. The number of piperidine rings is 1. The summed E-state index contributed by atoms with van der Waals surface area (Å²) in [6, 6.07) is 11.8. The number of ketones is 1. The Hall–Kier alpha value is -3.19. The SMILES string of the molecule is COc1cnc(-c2cs[c-]n2)c2[nH]cc(C(=O)C(=O)N3CCC(=C(C#N)c4ccccc4)CC3)c12.[CH3-].[Y]. The minimum absolute atomic E-state index is 0. The van der Waals surface area contributed by atoms with Gasteiger partial charge in [0.2, 0.25) is 0 Å². The number of amides is 1. The summed E-state index contributed by atoms with van der Waals surface area (Å²) < 4.78 is 5.45. The summed E-state index contributed by atoms with van der Waals surface area (Å²) in [7, 11) is 1.49. The number of methoxy groups -OCH3 is 1. The zero-order chi connectivity index (χ0) is 24.4. The van der Waals surface area contributed by atoms with Gasteiger partial charge >= 0.3 is 0 Å². The van der Waals surface area contributed by atoms with Gasteiger partial charge in [-0.3, -0.25) is 25.9 Å². The summed E-state index contributed by atoms with van der Waals surface area (Å²) in [5, 5.41) is 12.0. The van der Waals surface area contributed by atoms with Gasteiger partial charge in [0.25, 0.3) is 11.7 Å². The van der Waals surface area contributed by atoms with Gasteiger partial charge in [0.1, 0.15) is 5.75 Å². The van der Waals surface area contributed by atoms with Crippen LogP contribution in [-0.2, 0) is 37.5 Å². The molecule has 37 heavy (non-hydrogen) atoms. The summed E-state index contributed by atoms with van der Waals surface area (Å²) >= 11 is 1.32. The first kappa shape index (κ1) is 28.4. The number of hydrogen-bond acceptors (Lipinski definition) is 7. The van der Waals surface area contributed by atoms with E-state index in [0.717, 1.165) is 11.1 Å². The van der Waals surface area contributed by atoms with Crippen molar-refractivity contribution >= 4 is 39.5 Å². The zero-order valence-electron chi connectivity index (χ0n) is 20.4. The number of nitrogens with zero attached hydrogens (tertiary/aromatic N) is 4. The predicted molar refractivity (Wildman–Crippen MR) is 138 cm³/mol. The van der Waals surface area contributed by atoms with Crippen molar-refractivity contribution in [1.82, 2.24) is 19.9 Å². The number of Topliss-reactive ketones (excluding diaryl/α,β-unsaturated/α-hetero) is 1. The molecule has 1 aromatic carbocycles. The van der Waals surface area contributed by atoms with Crippen LogP contribution in [0.5, 0.6) is 5.75 Å². The van der Waals surface area contributed by atoms with Crippen molar-refractivity contribution in [3.8, 4) is 23.2 Å². The van der Waals surface area contributed by atoms with Gasteiger partial charge in [-0.05, 0) is 29.5 Å². The summed E-state index contributed by atoms with van der Waals surface area (Å²) in [5.74, 6) is -0.802. The van der Waals surface area contributed by atoms with Gasteiger partial charge in [0.05, 0.1) is 41.4 Å². The normalized spacial score (nSPS) is 12.8. The number of benzene rings is 1. The van der Waals surface area contributed by atoms with Crippen LogP contribution in [0.25, 0.3) is 27.9 Å². The standard InChI is InChI=1S/C26H20N5O3S.CH3.Y/c1-34-21-13-29-23(20-14-35-15-30-20)24-22(21)19(12-28-24)25(32)26(33)31-9-7-17(8-10-31)18(11-27)16-5-3-2-4-6-16;;/h2-6,12-14,28H,7-10H2,1H3;1H3;/q2*-1;. The Kier molecular flexibility index (Phi) is 9.49. The Labute approximate surface area is 244 Å². The van der Waals surface area contributed by atoms with E-state index in [1.807, 2.05) is 35.7 Å². The molecule has 0 unspecified atom stereocenters. The molecule has 4 aromatic rings. The number of aromatic nitrogens is 3. The first-order valence-electron chi connectivity index (χ1n) is 11.0. The molecule has 1 amide bonds. The van der Waals surface area contributed by atoms with Crippen molar-refractivity contribution < 1.29 is 47.0 Å². The largest absolute Gasteiger partial charge is 0.494 e. The molecule has 1 fully saturated rings. The molecule has 0 aliphatic carbocycles. The van der Waals surface area contributed by atoms with Gasteiger partial charge < -0.3 is 27.0 Å². The molecular formula is C27H23N5O3SY-2. The van der Waals surface area contributed by atoms with E-state index in [1.54, 1.807) is 4.90 Å². The van der Waals surface area contributed by atoms with Crippen molar-refractivity contribution in [2.24, 2.45) is 0 Å². The van der Waals surface area contributed by atoms with Crippen LogP contribution in [0.15, 0.2) is 53.7 Å². The molecule has 0 saturated carbocycles. The van der Waals surface area contributed by atoms with Crippen molar-refractivity contribution in [3.63, 3.8) is 0 Å². The summed E-state index contributed by atoms with van der Waals surface area (Å²) in [6.07, 6.45) is 4.13. The Morgan fingerprint density at radius 3 is 2.57 bits per heavy atom. The van der Waals surface area contributed by atoms with Crippen LogP contribution < -0.4 is 4.74 Å². The number of pyridine rings is 1. The molecule has 10 heteroatoms. The molecule has 3 aromatic heterocycles. The number of ether oxygens (including phenoxy) is 1. The third-order valence-corrected chi connectivity index (χ3v) is 6.68. The van der Waals surface area contributed by atoms with Crippen LogP contribution in [0, 0.1) is 24.3 Å². The van der Waals surface area contributed by atoms with Crippen LogP contribution in [0.3, 0.4) is 0 Å². The van der Waals surface area contributed by atoms with Crippen molar-refractivity contribution in [3.05, 3.63) is 77.7 Å². The second-order valence-electron chi connectivity index (χ2n) is 8.03. The zero-order valence-corrected chi connectivity index (χ0v) is 24.1. The molecule has 1 N–H and O–H groups in total. The van der Waals surface area contributed by atoms with E-state index in [2.05, 4.69) is 26.5 Å². The fourth-order valence-corrected chi connectivity index (χ4v) is 4.86. The molecule has 5 rings (SSSR count). The minimum atomic E-state index is -0.618. The third-order valence-electron chi connectivity index (χ3n) is 6.15. The number of allylic oxidation sites excluding steroid dienone is 1. The molecule has 1 aliphatic rings. The Balaban J connectivity index is 0.00000190. The first-order valence-corrected chi connectivity index (χ1v) is 11.9. The maximum absolute atomic E-state index is 13.3. The number of nitrogens with one attached hydrogen (secondary N) is 1. The van der Waals surface area contributed by atoms with Crippen LogP contribution in [0.2, 0.25) is 0 Å². The minimum Gasteiger partial charge on any atom is -0.494 e. The van der Waals surface area contributed by atoms with Gasteiger partial charge in [-0.25, -0.2) is 0 Å². The van der Waals surface area contributed by atoms with E-state index < -0.39 is 11.7 Å². The van der Waals surface area contributed by atoms with Crippen LogP contribution in [-0.4, -0.2) is 51.7 Å². The van der Waals surface area contributed by atoms with Crippen molar-refractivity contribution in [2.75, 3.05) is 20.2 Å². The second-order valence-corrected chi connectivity index (χ2v) is 8.68. The van der Waals surface area contributed by atoms with E-state index >= 15 is 0 Å². The smallest absolute Gasteiger partial charge is 0.295 e. The first-order chi connectivity index (χ1) is 17.1. The maximum Gasteiger partial charge on any atom is 0.295 e. The molecule has 0 spiro atoms. The fraction of sp³-hybridized carbons (Fsp3) is 0.185. The van der Waals surface area contributed by atoms with Crippen LogP contribution >= 0.6 is 11.3 Å². The van der Waals surface area contributed by atoms with Crippen molar-refractivity contribution in [1.29, 1.82) is 5.26 Å². The summed E-state index contributed by atoms with van der Waals surface area (Å²) in [6.45, 7) is 0.748. The molecule has 1 saturated heterocycles. The number of fused-ring (bicyclic) bond motifs is 1. The average Bonchev–Trinajstić information content (AvgIpc) is 3.60. The predicted octanol–water partition coefficient (Wildman–Crippen LogP) is 4.73. The van der Waals surface area contributed by atoms with E-state index in [0.29, 0.717) is 59.5 Å². The number of thiazole rings is 1. The monoisotopic (exact) mass is 586 g/mol. The van der Waals surface area contributed by atoms with Gasteiger partial charge in [-0.1, -0.05) is 36.0 Å². The molecule has 4 heterocycles. The van der Waals surface area contributed by atoms with E-state index in [9.17, 15) is 14.9 Å². The molecule has 0 atom stereocenters. The Morgan fingerprint density at radius 1 is 1.22 bits per heavy atom. The third kappa shape index (κ3) is 5.42. The van der Waals surface area contributed by atoms with Gasteiger partial charge in [-0.2, -0.15) is 5.26 Å². The second kappa shape index (κ2) is 12.4. The van der Waals surface area contributed by atoms with Gasteiger partial charge in [-0.15, -0.1) is 5.38 Å². The Bertz CT molecular complexity index is 1480. The fourth-order valence-electron chi connectivity index (χ4n) is 4.38. The van der Waals surface area contributed by atoms with Crippen molar-refractivity contribution in [2.45, 2.75) is 12.8 Å². The molecular weight excluding hydrogens is 563 g/mol. The molecule has 185 valence electrons. The van der Waals surface area contributed by atoms with Crippen LogP contribution in [0.1, 0.15) is 28.8 Å². The summed E-state index contributed by atoms with van der Waals surface area (Å²) in [4.78, 5) is 39.7. The number of likely N-dealkylation sites (tertiary alicyclic amines) is 1. The number of nitriles is 1. The Morgan fingerprint density at radius 2 is 1.95 bits per heavy atom. The molecule has 1 aliphatic heterocycles. The number of carbonyl (C=O) groups is 2. The summed E-state index contributed by atoms with van der Waals surface area (Å²) in [5.41, 5.74) is 7.29. The number of carbonyl (C=O) groups excluding carboxylic acids is 2. The molecule has 8 nitrogen and oxygen atoms in total. The van der Waals surface area contributed by atoms with E-state index in [-0.39, 0.29) is 45.7 Å². The van der Waals surface area contributed by atoms with Crippen LogP contribution in [0.4, 0.5) is 0 Å². The maximum atomic E-state index is 13.3. The van der Waals surface area contributed by atoms with Gasteiger partial charge in [0.15, 0.2) is 0 Å². The number of H-pyrrole nitrogens is 1. The number of rotatable bonds is 5. The van der Waals surface area contributed by atoms with E-state index in [4.69, 9.17) is 4.74 Å². The molecule has 0 bridgehead atoms. The average molecular weight is 586 g/mol. The van der Waals surface area contributed by atoms with Gasteiger partial charge in [0, 0.05) is 57.7 Å². The topological polar surface area (TPSA) is 112 Å².